The van der Waals surface area contributed by atoms with Gasteiger partial charge in [0.25, 0.3) is 0 Å². The smallest absolute Gasteiger partial charge is 0.240 e. The number of amides is 1. The summed E-state index contributed by atoms with van der Waals surface area (Å²) in [4.78, 5) is 14.9. The van der Waals surface area contributed by atoms with Crippen LogP contribution in [0.25, 0.3) is 11.1 Å². The van der Waals surface area contributed by atoms with Gasteiger partial charge in [0.2, 0.25) is 5.91 Å². The Morgan fingerprint density at radius 1 is 0.900 bits per heavy atom. The molecule has 0 radical (unpaired) electrons. The topological polar surface area (TPSA) is 58.4 Å². The van der Waals surface area contributed by atoms with E-state index >= 15 is 0 Å². The van der Waals surface area contributed by atoms with E-state index in [-0.39, 0.29) is 18.0 Å². The molecule has 0 unspecified atom stereocenters. The van der Waals surface area contributed by atoms with E-state index < -0.39 is 0 Å². The van der Waals surface area contributed by atoms with E-state index in [9.17, 15) is 4.79 Å². The molecule has 3 N–H and O–H groups in total. The predicted molar refractivity (Wildman–Crippen MR) is 122 cm³/mol. The van der Waals surface area contributed by atoms with Crippen LogP contribution in [0.15, 0.2) is 84.9 Å². The third-order valence-corrected chi connectivity index (χ3v) is 5.67. The molecule has 4 nitrogen and oxygen atoms in total. The van der Waals surface area contributed by atoms with Crippen molar-refractivity contribution in [1.82, 2.24) is 10.2 Å². The molecule has 0 spiro atoms. The van der Waals surface area contributed by atoms with E-state index in [0.29, 0.717) is 13.0 Å². The van der Waals surface area contributed by atoms with Crippen LogP contribution < -0.4 is 11.1 Å². The molecule has 30 heavy (non-hydrogen) atoms. The molecule has 0 bridgehead atoms. The molecule has 3 aromatic carbocycles. The number of nitrogens with one attached hydrogen (secondary N) is 1. The van der Waals surface area contributed by atoms with Crippen molar-refractivity contribution in [1.29, 1.82) is 0 Å². The zero-order valence-electron chi connectivity index (χ0n) is 17.2. The Labute approximate surface area is 178 Å². The first kappa shape index (κ1) is 20.3. The summed E-state index contributed by atoms with van der Waals surface area (Å²) in [6.07, 6.45) is 1.39. The fourth-order valence-electron chi connectivity index (χ4n) is 4.13. The standard InChI is InChI=1S/C26H29N3O/c27-24(17-21-10-7-13-23(16-21)22-11-5-2-6-12-22)18-25-26(30)29(15-14-28-25)19-20-8-3-1-4-9-20/h1-13,16,24-25,28H,14-15,17-19,27H2/t24-,25-/m0/s1. The Hall–Kier alpha value is -2.95. The molecule has 2 atom stereocenters. The summed E-state index contributed by atoms with van der Waals surface area (Å²) < 4.78 is 0. The summed E-state index contributed by atoms with van der Waals surface area (Å²) in [5.41, 5.74) is 11.2. The average Bonchev–Trinajstić information content (AvgIpc) is 2.78. The molecule has 0 saturated carbocycles. The van der Waals surface area contributed by atoms with Crippen molar-refractivity contribution in [2.45, 2.75) is 31.5 Å². The number of nitrogens with zero attached hydrogens (tertiary/aromatic N) is 1. The zero-order chi connectivity index (χ0) is 20.8. The number of carbonyl (C=O) groups is 1. The maximum Gasteiger partial charge on any atom is 0.240 e. The molecule has 154 valence electrons. The second-order valence-electron chi connectivity index (χ2n) is 8.02. The van der Waals surface area contributed by atoms with E-state index in [4.69, 9.17) is 5.73 Å². The van der Waals surface area contributed by atoms with Crippen molar-refractivity contribution in [3.63, 3.8) is 0 Å². The first-order valence-corrected chi connectivity index (χ1v) is 10.6. The summed E-state index contributed by atoms with van der Waals surface area (Å²) in [5.74, 6) is 0.151. The number of hydrogen-bond donors (Lipinski definition) is 2. The molecule has 1 heterocycles. The molecule has 1 amide bonds. The van der Waals surface area contributed by atoms with E-state index in [2.05, 4.69) is 66.0 Å². The normalized spacial score (nSPS) is 17.7. The second kappa shape index (κ2) is 9.70. The summed E-state index contributed by atoms with van der Waals surface area (Å²) in [5, 5.41) is 3.37. The van der Waals surface area contributed by atoms with Crippen molar-refractivity contribution < 1.29 is 4.79 Å². The van der Waals surface area contributed by atoms with Gasteiger partial charge in [-0.05, 0) is 35.1 Å². The van der Waals surface area contributed by atoms with Gasteiger partial charge in [0.15, 0.2) is 0 Å². The average molecular weight is 400 g/mol. The number of nitrogens with two attached hydrogens (primary N) is 1. The Bertz CT molecular complexity index is 958. The number of benzene rings is 3. The molecule has 1 aliphatic heterocycles. The number of piperazine rings is 1. The minimum Gasteiger partial charge on any atom is -0.336 e. The van der Waals surface area contributed by atoms with Crippen LogP contribution in [0.2, 0.25) is 0 Å². The highest BCUT2D eigenvalue weighted by atomic mass is 16.2. The minimum absolute atomic E-state index is 0.0749. The van der Waals surface area contributed by atoms with Gasteiger partial charge >= 0.3 is 0 Å². The highest BCUT2D eigenvalue weighted by molar-refractivity contribution is 5.82. The van der Waals surface area contributed by atoms with E-state index in [1.165, 1.54) is 16.7 Å². The molecule has 4 rings (SSSR count). The van der Waals surface area contributed by atoms with E-state index in [1.54, 1.807) is 0 Å². The molecular weight excluding hydrogens is 370 g/mol. The first-order valence-electron chi connectivity index (χ1n) is 10.6. The maximum absolute atomic E-state index is 13.0. The molecule has 1 saturated heterocycles. The third kappa shape index (κ3) is 5.15. The zero-order valence-corrected chi connectivity index (χ0v) is 17.2. The van der Waals surface area contributed by atoms with Crippen molar-refractivity contribution >= 4 is 5.91 Å². The van der Waals surface area contributed by atoms with Crippen molar-refractivity contribution in [3.8, 4) is 11.1 Å². The molecule has 1 fully saturated rings. The van der Waals surface area contributed by atoms with Gasteiger partial charge in [-0.25, -0.2) is 0 Å². The molecule has 0 aliphatic carbocycles. The highest BCUT2D eigenvalue weighted by Crippen LogP contribution is 2.21. The van der Waals surface area contributed by atoms with Gasteiger partial charge in [0, 0.05) is 25.7 Å². The Kier molecular flexibility index (Phi) is 6.57. The molecule has 0 aromatic heterocycles. The fraction of sp³-hybridized carbons (Fsp3) is 0.269. The van der Waals surface area contributed by atoms with Crippen LogP contribution in [0.1, 0.15) is 17.5 Å². The number of hydrogen-bond acceptors (Lipinski definition) is 3. The SMILES string of the molecule is N[C@@H](Cc1cccc(-c2ccccc2)c1)C[C@@H]1NCCN(Cc2ccccc2)C1=O. The monoisotopic (exact) mass is 399 g/mol. The summed E-state index contributed by atoms with van der Waals surface area (Å²) in [6.45, 7) is 2.20. The summed E-state index contributed by atoms with van der Waals surface area (Å²) in [7, 11) is 0. The van der Waals surface area contributed by atoms with E-state index in [1.807, 2.05) is 29.2 Å². The van der Waals surface area contributed by atoms with Crippen LogP contribution in [-0.4, -0.2) is 36.0 Å². The lowest BCUT2D eigenvalue weighted by molar-refractivity contribution is -0.136. The first-order chi connectivity index (χ1) is 14.7. The van der Waals surface area contributed by atoms with Crippen LogP contribution in [0.5, 0.6) is 0 Å². The van der Waals surface area contributed by atoms with Crippen molar-refractivity contribution in [3.05, 3.63) is 96.1 Å². The van der Waals surface area contributed by atoms with Crippen LogP contribution in [0.3, 0.4) is 0 Å². The van der Waals surface area contributed by atoms with Gasteiger partial charge in [-0.15, -0.1) is 0 Å². The largest absolute Gasteiger partial charge is 0.336 e. The second-order valence-corrected chi connectivity index (χ2v) is 8.02. The van der Waals surface area contributed by atoms with Gasteiger partial charge in [-0.3, -0.25) is 4.79 Å². The van der Waals surface area contributed by atoms with Gasteiger partial charge in [0.1, 0.15) is 0 Å². The van der Waals surface area contributed by atoms with E-state index in [0.717, 1.165) is 25.1 Å². The Morgan fingerprint density at radius 2 is 1.57 bits per heavy atom. The van der Waals surface area contributed by atoms with Crippen LogP contribution in [-0.2, 0) is 17.8 Å². The minimum atomic E-state index is -0.213. The quantitative estimate of drug-likeness (QED) is 0.638. The molecular formula is C26H29N3O. The van der Waals surface area contributed by atoms with Gasteiger partial charge in [-0.2, -0.15) is 0 Å². The molecule has 3 aromatic rings. The van der Waals surface area contributed by atoms with Crippen molar-refractivity contribution in [2.24, 2.45) is 5.73 Å². The summed E-state index contributed by atoms with van der Waals surface area (Å²) >= 11 is 0. The van der Waals surface area contributed by atoms with Crippen LogP contribution in [0.4, 0.5) is 0 Å². The van der Waals surface area contributed by atoms with Gasteiger partial charge in [0.05, 0.1) is 6.04 Å². The van der Waals surface area contributed by atoms with Gasteiger partial charge in [-0.1, -0.05) is 84.9 Å². The molecule has 4 heteroatoms. The Morgan fingerprint density at radius 3 is 2.33 bits per heavy atom. The summed E-state index contributed by atoms with van der Waals surface area (Å²) in [6, 6.07) is 28.7. The van der Waals surface area contributed by atoms with Crippen LogP contribution >= 0.6 is 0 Å². The maximum atomic E-state index is 13.0. The molecule has 1 aliphatic rings. The van der Waals surface area contributed by atoms with Crippen LogP contribution in [0, 0.1) is 0 Å². The lowest BCUT2D eigenvalue weighted by Crippen LogP contribution is -2.56. The van der Waals surface area contributed by atoms with Gasteiger partial charge < -0.3 is 16.0 Å². The fourth-order valence-corrected chi connectivity index (χ4v) is 4.13. The number of carbonyl (C=O) groups excluding carboxylic acids is 1. The Balaban J connectivity index is 1.36. The lowest BCUT2D eigenvalue weighted by atomic mass is 9.96. The highest BCUT2D eigenvalue weighted by Gasteiger charge is 2.29. The predicted octanol–water partition coefficient (Wildman–Crippen LogP) is 3.61. The third-order valence-electron chi connectivity index (χ3n) is 5.67. The van der Waals surface area contributed by atoms with Crippen molar-refractivity contribution in [2.75, 3.05) is 13.1 Å². The lowest BCUT2D eigenvalue weighted by Gasteiger charge is -2.34. The number of rotatable bonds is 7.